The lowest BCUT2D eigenvalue weighted by Crippen LogP contribution is -2.63. The van der Waals surface area contributed by atoms with E-state index < -0.39 is 29.7 Å². The first-order valence-corrected chi connectivity index (χ1v) is 10.1. The largest absolute Gasteiger partial charge is 0.494 e. The van der Waals surface area contributed by atoms with Gasteiger partial charge in [0.15, 0.2) is 5.60 Å². The van der Waals surface area contributed by atoms with Gasteiger partial charge in [0.1, 0.15) is 24.1 Å². The number of hydrogen-bond acceptors (Lipinski definition) is 6. The molecule has 2 aliphatic heterocycles. The molecule has 2 fully saturated rings. The summed E-state index contributed by atoms with van der Waals surface area (Å²) in [7, 11) is 0. The van der Waals surface area contributed by atoms with Crippen LogP contribution in [0.4, 0.5) is 0 Å². The third kappa shape index (κ3) is 3.28. The lowest BCUT2D eigenvalue weighted by Gasteiger charge is -2.44. The van der Waals surface area contributed by atoms with E-state index in [0.29, 0.717) is 23.6 Å². The van der Waals surface area contributed by atoms with Crippen molar-refractivity contribution in [1.29, 1.82) is 0 Å². The summed E-state index contributed by atoms with van der Waals surface area (Å²) < 4.78 is 17.2. The Morgan fingerprint density at radius 1 is 1.17 bits per heavy atom. The Balaban J connectivity index is 1.67. The molecule has 0 radical (unpaired) electrons. The number of halogens is 1. The minimum atomic E-state index is -1.69. The van der Waals surface area contributed by atoms with Crippen molar-refractivity contribution in [3.63, 3.8) is 0 Å². The molecular weight excluding hydrogens is 408 g/mol. The molecule has 2 aliphatic rings. The van der Waals surface area contributed by atoms with E-state index in [4.69, 9.17) is 32.2 Å². The number of benzene rings is 2. The van der Waals surface area contributed by atoms with Crippen molar-refractivity contribution in [1.82, 2.24) is 0 Å². The average Bonchev–Trinajstić information content (AvgIpc) is 3.14. The Morgan fingerprint density at radius 2 is 1.90 bits per heavy atom. The zero-order chi connectivity index (χ0) is 21.5. The maximum atomic E-state index is 10.7. The van der Waals surface area contributed by atoms with Crippen LogP contribution in [-0.4, -0.2) is 52.4 Å². The Labute approximate surface area is 180 Å². The smallest absolute Gasteiger partial charge is 0.226 e. The van der Waals surface area contributed by atoms with Crippen molar-refractivity contribution in [3.8, 4) is 18.1 Å². The number of rotatable bonds is 5. The first-order valence-electron chi connectivity index (χ1n) is 9.72. The predicted molar refractivity (Wildman–Crippen MR) is 110 cm³/mol. The van der Waals surface area contributed by atoms with E-state index in [1.165, 1.54) is 0 Å². The monoisotopic (exact) mass is 430 g/mol. The zero-order valence-corrected chi connectivity index (χ0v) is 17.2. The van der Waals surface area contributed by atoms with Gasteiger partial charge in [0.25, 0.3) is 0 Å². The van der Waals surface area contributed by atoms with E-state index in [0.717, 1.165) is 16.9 Å². The molecule has 6 nitrogen and oxygen atoms in total. The minimum Gasteiger partial charge on any atom is -0.494 e. The van der Waals surface area contributed by atoms with Crippen molar-refractivity contribution in [3.05, 3.63) is 64.2 Å². The molecule has 158 valence electrons. The van der Waals surface area contributed by atoms with Crippen molar-refractivity contribution in [2.75, 3.05) is 13.2 Å². The molecule has 0 saturated carbocycles. The van der Waals surface area contributed by atoms with E-state index >= 15 is 0 Å². The molecular formula is C23H23ClO6. The molecule has 2 aromatic rings. The molecule has 7 heteroatoms. The van der Waals surface area contributed by atoms with Crippen LogP contribution in [-0.2, 0) is 21.7 Å². The highest BCUT2D eigenvalue weighted by Gasteiger charge is 2.66. The molecule has 5 atom stereocenters. The molecule has 0 spiro atoms. The lowest BCUT2D eigenvalue weighted by molar-refractivity contribution is -0.315. The van der Waals surface area contributed by atoms with Crippen molar-refractivity contribution in [2.24, 2.45) is 0 Å². The molecule has 2 heterocycles. The van der Waals surface area contributed by atoms with Gasteiger partial charge in [-0.25, -0.2) is 0 Å². The second-order valence-corrected chi connectivity index (χ2v) is 7.94. The SMILES string of the molecule is C#C[C@@]12CO[C@@](c3ccc(Cl)c(Cc4ccc(OCC)cc4)c3)(O1)[C@H](O)[C@@H](O)[C@@H]2O. The Bertz CT molecular complexity index is 971. The highest BCUT2D eigenvalue weighted by atomic mass is 35.5. The predicted octanol–water partition coefficient (Wildman–Crippen LogP) is 2.00. The number of aliphatic hydroxyl groups excluding tert-OH is 3. The quantitative estimate of drug-likeness (QED) is 0.629. The van der Waals surface area contributed by atoms with Gasteiger partial charge in [-0.15, -0.1) is 6.42 Å². The van der Waals surface area contributed by atoms with E-state index in [-0.39, 0.29) is 6.61 Å². The van der Waals surface area contributed by atoms with Crippen molar-refractivity contribution < 1.29 is 29.5 Å². The van der Waals surface area contributed by atoms with Gasteiger partial charge < -0.3 is 29.5 Å². The van der Waals surface area contributed by atoms with Gasteiger partial charge in [-0.2, -0.15) is 0 Å². The summed E-state index contributed by atoms with van der Waals surface area (Å²) in [4.78, 5) is 0. The van der Waals surface area contributed by atoms with Gasteiger partial charge in [-0.1, -0.05) is 35.7 Å². The van der Waals surface area contributed by atoms with Gasteiger partial charge in [0.05, 0.1) is 13.2 Å². The van der Waals surface area contributed by atoms with Crippen LogP contribution in [0.25, 0.3) is 0 Å². The number of ether oxygens (including phenoxy) is 3. The molecule has 2 aromatic carbocycles. The van der Waals surface area contributed by atoms with Crippen LogP contribution < -0.4 is 4.74 Å². The fourth-order valence-electron chi connectivity index (χ4n) is 4.00. The minimum absolute atomic E-state index is 0.157. The molecule has 0 amide bonds. The van der Waals surface area contributed by atoms with Gasteiger partial charge in [0.2, 0.25) is 5.79 Å². The van der Waals surface area contributed by atoms with Crippen LogP contribution in [0.2, 0.25) is 5.02 Å². The molecule has 2 saturated heterocycles. The molecule has 0 aliphatic carbocycles. The molecule has 30 heavy (non-hydrogen) atoms. The Hall–Kier alpha value is -2.11. The second kappa shape index (κ2) is 7.86. The lowest BCUT2D eigenvalue weighted by atomic mass is 9.83. The first kappa shape index (κ1) is 21.1. The molecule has 2 bridgehead atoms. The standard InChI is InChI=1S/C23H23ClO6/c1-3-22-13-29-23(30-22,21(27)19(25)20(22)26)16-7-10-18(24)15(12-16)11-14-5-8-17(9-6-14)28-4-2/h1,5-10,12,19-21,25-27H,4,11,13H2,2H3/t19-,20-,21+,22-,23-/m0/s1. The van der Waals surface area contributed by atoms with E-state index in [1.54, 1.807) is 18.2 Å². The summed E-state index contributed by atoms with van der Waals surface area (Å²) in [6, 6.07) is 12.8. The number of terminal acetylenes is 1. The number of aliphatic hydroxyl groups is 3. The maximum absolute atomic E-state index is 10.7. The fourth-order valence-corrected chi connectivity index (χ4v) is 4.18. The van der Waals surface area contributed by atoms with Crippen molar-refractivity contribution >= 4 is 11.6 Å². The number of hydrogen-bond donors (Lipinski definition) is 3. The highest BCUT2D eigenvalue weighted by Crippen LogP contribution is 2.49. The Kier molecular flexibility index (Phi) is 5.54. The summed E-state index contributed by atoms with van der Waals surface area (Å²) in [5.74, 6) is 1.48. The van der Waals surface area contributed by atoms with Gasteiger partial charge in [0, 0.05) is 10.6 Å². The summed E-state index contributed by atoms with van der Waals surface area (Å²) >= 11 is 6.42. The second-order valence-electron chi connectivity index (χ2n) is 7.53. The summed E-state index contributed by atoms with van der Waals surface area (Å²) in [6.45, 7) is 2.36. The topological polar surface area (TPSA) is 88.4 Å². The van der Waals surface area contributed by atoms with E-state index in [9.17, 15) is 15.3 Å². The van der Waals surface area contributed by atoms with Crippen LogP contribution in [0.1, 0.15) is 23.6 Å². The highest BCUT2D eigenvalue weighted by molar-refractivity contribution is 6.31. The summed E-state index contributed by atoms with van der Waals surface area (Å²) in [5, 5.41) is 31.9. The van der Waals surface area contributed by atoms with Gasteiger partial charge in [-0.3, -0.25) is 0 Å². The van der Waals surface area contributed by atoms with Crippen LogP contribution in [0, 0.1) is 12.3 Å². The zero-order valence-electron chi connectivity index (χ0n) is 16.4. The van der Waals surface area contributed by atoms with Crippen LogP contribution in [0.15, 0.2) is 42.5 Å². The molecule has 0 unspecified atom stereocenters. The molecule has 4 rings (SSSR count). The first-order chi connectivity index (χ1) is 14.3. The number of fused-ring (bicyclic) bond motifs is 2. The Morgan fingerprint density at radius 3 is 2.57 bits per heavy atom. The molecule has 0 aromatic heterocycles. The van der Waals surface area contributed by atoms with Gasteiger partial charge in [-0.05, 0) is 48.7 Å². The summed E-state index contributed by atoms with van der Waals surface area (Å²) in [5.41, 5.74) is 0.725. The normalized spacial score (nSPS) is 32.6. The van der Waals surface area contributed by atoms with E-state index in [1.807, 2.05) is 31.2 Å². The fraction of sp³-hybridized carbons (Fsp3) is 0.391. The van der Waals surface area contributed by atoms with E-state index in [2.05, 4.69) is 5.92 Å². The van der Waals surface area contributed by atoms with Crippen molar-refractivity contribution in [2.45, 2.75) is 43.0 Å². The average molecular weight is 431 g/mol. The third-order valence-electron chi connectivity index (χ3n) is 5.67. The van der Waals surface area contributed by atoms with Gasteiger partial charge >= 0.3 is 0 Å². The molecule has 3 N–H and O–H groups in total. The van der Waals surface area contributed by atoms with Crippen LogP contribution in [0.3, 0.4) is 0 Å². The van der Waals surface area contributed by atoms with Crippen LogP contribution >= 0.6 is 11.6 Å². The summed E-state index contributed by atoms with van der Waals surface area (Å²) in [6.07, 6.45) is 1.56. The third-order valence-corrected chi connectivity index (χ3v) is 6.04. The van der Waals surface area contributed by atoms with Crippen LogP contribution in [0.5, 0.6) is 5.75 Å². The maximum Gasteiger partial charge on any atom is 0.226 e.